The fourth-order valence-corrected chi connectivity index (χ4v) is 3.81. The molecule has 1 atom stereocenters. The van der Waals surface area contributed by atoms with Crippen molar-refractivity contribution in [3.63, 3.8) is 0 Å². The van der Waals surface area contributed by atoms with Gasteiger partial charge in [0, 0.05) is 41.8 Å². The topological polar surface area (TPSA) is 71.0 Å². The molecule has 4 heterocycles. The van der Waals surface area contributed by atoms with E-state index < -0.39 is 11.9 Å². The Hall–Kier alpha value is -3.49. The first-order valence-corrected chi connectivity index (χ1v) is 10.2. The Bertz CT molecular complexity index is 1180. The maximum Gasteiger partial charge on any atom is 0.433 e. The minimum Gasteiger partial charge on any atom is -0.362 e. The maximum atomic E-state index is 13.0. The molecule has 0 radical (unpaired) electrons. The standard InChI is InChI=1S/C23H22F3N5O/c1-4-31-12-18-16(22(31)32)6-8-28-21(18)30-14(3)19-9-13(2)17(11-29-19)15-5-7-27-20(10-15)23(24,25)26/h5-11,14H,4,12H2,1-3H3,(H,28,30)/t14-/m0/s1. The average molecular weight is 441 g/mol. The zero-order valence-corrected chi connectivity index (χ0v) is 17.9. The van der Waals surface area contributed by atoms with Crippen LogP contribution in [0.5, 0.6) is 0 Å². The van der Waals surface area contributed by atoms with E-state index in [4.69, 9.17) is 0 Å². The third-order valence-electron chi connectivity index (χ3n) is 5.59. The van der Waals surface area contributed by atoms with Crippen molar-refractivity contribution < 1.29 is 18.0 Å². The summed E-state index contributed by atoms with van der Waals surface area (Å²) in [5.41, 5.74) is 3.09. The summed E-state index contributed by atoms with van der Waals surface area (Å²) in [5, 5.41) is 3.33. The summed E-state index contributed by atoms with van der Waals surface area (Å²) in [7, 11) is 0. The highest BCUT2D eigenvalue weighted by Crippen LogP contribution is 2.33. The van der Waals surface area contributed by atoms with Crippen LogP contribution in [-0.4, -0.2) is 32.3 Å². The fourth-order valence-electron chi connectivity index (χ4n) is 3.81. The molecule has 166 valence electrons. The van der Waals surface area contributed by atoms with Crippen LogP contribution in [0.4, 0.5) is 19.0 Å². The van der Waals surface area contributed by atoms with Crippen molar-refractivity contribution in [3.05, 3.63) is 70.9 Å². The van der Waals surface area contributed by atoms with E-state index in [0.717, 1.165) is 23.4 Å². The Labute approximate surface area is 183 Å². The lowest BCUT2D eigenvalue weighted by molar-refractivity contribution is -0.141. The van der Waals surface area contributed by atoms with Crippen LogP contribution >= 0.6 is 0 Å². The number of fused-ring (bicyclic) bond motifs is 1. The van der Waals surface area contributed by atoms with Gasteiger partial charge in [-0.2, -0.15) is 13.2 Å². The first-order chi connectivity index (χ1) is 15.2. The number of rotatable bonds is 5. The van der Waals surface area contributed by atoms with Gasteiger partial charge >= 0.3 is 6.18 Å². The van der Waals surface area contributed by atoms with E-state index in [9.17, 15) is 18.0 Å². The summed E-state index contributed by atoms with van der Waals surface area (Å²) >= 11 is 0. The number of pyridine rings is 3. The van der Waals surface area contributed by atoms with Gasteiger partial charge in [0.2, 0.25) is 0 Å². The van der Waals surface area contributed by atoms with Gasteiger partial charge < -0.3 is 10.2 Å². The lowest BCUT2D eigenvalue weighted by atomic mass is 10.0. The highest BCUT2D eigenvalue weighted by atomic mass is 19.4. The Kier molecular flexibility index (Phi) is 5.58. The first kappa shape index (κ1) is 21.7. The Morgan fingerprint density at radius 3 is 2.56 bits per heavy atom. The van der Waals surface area contributed by atoms with Crippen molar-refractivity contribution in [1.82, 2.24) is 19.9 Å². The molecule has 0 spiro atoms. The van der Waals surface area contributed by atoms with Crippen molar-refractivity contribution in [3.8, 4) is 11.1 Å². The molecule has 3 aromatic rings. The van der Waals surface area contributed by atoms with Gasteiger partial charge in [-0.3, -0.25) is 14.8 Å². The van der Waals surface area contributed by atoms with Crippen molar-refractivity contribution in [1.29, 1.82) is 0 Å². The van der Waals surface area contributed by atoms with Crippen LogP contribution in [0.25, 0.3) is 11.1 Å². The number of aryl methyl sites for hydroxylation is 1. The molecular weight excluding hydrogens is 419 g/mol. The summed E-state index contributed by atoms with van der Waals surface area (Å²) in [4.78, 5) is 26.5. The number of anilines is 1. The van der Waals surface area contributed by atoms with Gasteiger partial charge in [0.1, 0.15) is 11.5 Å². The fraction of sp³-hybridized carbons (Fsp3) is 0.304. The minimum absolute atomic E-state index is 0.00509. The molecule has 3 aromatic heterocycles. The number of hydrogen-bond acceptors (Lipinski definition) is 5. The number of halogens is 3. The summed E-state index contributed by atoms with van der Waals surface area (Å²) in [6.45, 7) is 6.81. The molecule has 6 nitrogen and oxygen atoms in total. The van der Waals surface area contributed by atoms with Crippen LogP contribution in [0.1, 0.15) is 52.8 Å². The van der Waals surface area contributed by atoms with E-state index in [2.05, 4.69) is 20.3 Å². The molecule has 0 saturated carbocycles. The predicted molar refractivity (Wildman–Crippen MR) is 114 cm³/mol. The number of hydrogen-bond donors (Lipinski definition) is 1. The number of amides is 1. The molecular formula is C23H22F3N5O. The van der Waals surface area contributed by atoms with Gasteiger partial charge in [-0.25, -0.2) is 4.98 Å². The number of nitrogens with one attached hydrogen (secondary N) is 1. The Morgan fingerprint density at radius 2 is 1.88 bits per heavy atom. The Morgan fingerprint density at radius 1 is 1.12 bits per heavy atom. The lowest BCUT2D eigenvalue weighted by Gasteiger charge is -2.18. The smallest absolute Gasteiger partial charge is 0.362 e. The van der Waals surface area contributed by atoms with E-state index in [-0.39, 0.29) is 11.9 Å². The van der Waals surface area contributed by atoms with Crippen molar-refractivity contribution in [2.45, 2.75) is 39.5 Å². The molecule has 4 rings (SSSR count). The number of aromatic nitrogens is 3. The van der Waals surface area contributed by atoms with Gasteiger partial charge in [-0.05, 0) is 56.2 Å². The molecule has 1 N–H and O–H groups in total. The van der Waals surface area contributed by atoms with Crippen molar-refractivity contribution in [2.24, 2.45) is 0 Å². The van der Waals surface area contributed by atoms with Crippen molar-refractivity contribution >= 4 is 11.7 Å². The molecule has 0 saturated heterocycles. The molecule has 1 amide bonds. The highest BCUT2D eigenvalue weighted by Gasteiger charge is 2.33. The molecule has 0 unspecified atom stereocenters. The van der Waals surface area contributed by atoms with E-state index >= 15 is 0 Å². The normalized spacial score (nSPS) is 14.4. The van der Waals surface area contributed by atoms with Gasteiger partial charge in [0.15, 0.2) is 0 Å². The second-order valence-electron chi connectivity index (χ2n) is 7.72. The van der Waals surface area contributed by atoms with Gasteiger partial charge in [-0.1, -0.05) is 0 Å². The molecule has 0 aromatic carbocycles. The molecule has 0 fully saturated rings. The van der Waals surface area contributed by atoms with Gasteiger partial charge in [0.05, 0.1) is 18.3 Å². The zero-order valence-electron chi connectivity index (χ0n) is 17.9. The molecule has 9 heteroatoms. The van der Waals surface area contributed by atoms with Crippen molar-refractivity contribution in [2.75, 3.05) is 11.9 Å². The summed E-state index contributed by atoms with van der Waals surface area (Å²) in [6, 6.07) is 5.90. The van der Waals surface area contributed by atoms with E-state index in [1.165, 1.54) is 6.07 Å². The number of carbonyl (C=O) groups excluding carboxylic acids is 1. The SMILES string of the molecule is CCN1Cc2c(ccnc2N[C@@H](C)c2cc(C)c(-c3ccnc(C(F)(F)F)c3)cn2)C1=O. The molecule has 0 bridgehead atoms. The zero-order chi connectivity index (χ0) is 23.0. The van der Waals surface area contributed by atoms with Gasteiger partial charge in [-0.15, -0.1) is 0 Å². The third kappa shape index (κ3) is 4.02. The van der Waals surface area contributed by atoms with E-state index in [1.807, 2.05) is 26.8 Å². The molecule has 32 heavy (non-hydrogen) atoms. The number of carbonyl (C=O) groups is 1. The van der Waals surface area contributed by atoms with Crippen LogP contribution < -0.4 is 5.32 Å². The van der Waals surface area contributed by atoms with Crippen LogP contribution in [0.2, 0.25) is 0 Å². The largest absolute Gasteiger partial charge is 0.433 e. The minimum atomic E-state index is -4.51. The molecule has 1 aliphatic rings. The summed E-state index contributed by atoms with van der Waals surface area (Å²) in [5.74, 6) is 0.626. The third-order valence-corrected chi connectivity index (χ3v) is 5.59. The molecule has 0 aliphatic carbocycles. The monoisotopic (exact) mass is 441 g/mol. The lowest BCUT2D eigenvalue weighted by Crippen LogP contribution is -2.22. The summed E-state index contributed by atoms with van der Waals surface area (Å²) in [6.07, 6.45) is -0.177. The second-order valence-corrected chi connectivity index (χ2v) is 7.72. The Balaban J connectivity index is 1.58. The second kappa shape index (κ2) is 8.22. The van der Waals surface area contributed by atoms with Crippen LogP contribution in [0, 0.1) is 6.92 Å². The number of alkyl halides is 3. The van der Waals surface area contributed by atoms with Crippen LogP contribution in [0.15, 0.2) is 42.9 Å². The van der Waals surface area contributed by atoms with E-state index in [1.54, 1.807) is 23.4 Å². The maximum absolute atomic E-state index is 13.0. The van der Waals surface area contributed by atoms with E-state index in [0.29, 0.717) is 41.3 Å². The van der Waals surface area contributed by atoms with Crippen LogP contribution in [-0.2, 0) is 12.7 Å². The quantitative estimate of drug-likeness (QED) is 0.602. The number of nitrogens with zero attached hydrogens (tertiary/aromatic N) is 4. The first-order valence-electron chi connectivity index (χ1n) is 10.2. The highest BCUT2D eigenvalue weighted by molar-refractivity contribution is 5.99. The predicted octanol–water partition coefficient (Wildman–Crippen LogP) is 5.01. The molecule has 1 aliphatic heterocycles. The van der Waals surface area contributed by atoms with Gasteiger partial charge in [0.25, 0.3) is 5.91 Å². The summed E-state index contributed by atoms with van der Waals surface area (Å²) < 4.78 is 39.0. The average Bonchev–Trinajstić information content (AvgIpc) is 3.10. The van der Waals surface area contributed by atoms with Crippen LogP contribution in [0.3, 0.4) is 0 Å².